The van der Waals surface area contributed by atoms with Crippen LogP contribution in [0.3, 0.4) is 0 Å². The molecule has 0 aliphatic carbocycles. The highest BCUT2D eigenvalue weighted by Crippen LogP contribution is 2.32. The Labute approximate surface area is 245 Å². The van der Waals surface area contributed by atoms with E-state index in [0.29, 0.717) is 52.6 Å². The van der Waals surface area contributed by atoms with Gasteiger partial charge in [0.15, 0.2) is 0 Å². The number of halogens is 1. The molecule has 0 saturated heterocycles. The molecule has 0 saturated carbocycles. The normalized spacial score (nSPS) is 11.3. The zero-order valence-corrected chi connectivity index (χ0v) is 24.5. The zero-order valence-electron chi connectivity index (χ0n) is 23.7. The van der Waals surface area contributed by atoms with E-state index in [1.54, 1.807) is 66.3 Å². The van der Waals surface area contributed by atoms with E-state index in [-0.39, 0.29) is 30.1 Å². The van der Waals surface area contributed by atoms with Gasteiger partial charge in [0.1, 0.15) is 17.3 Å². The summed E-state index contributed by atoms with van der Waals surface area (Å²) < 4.78 is 17.5. The van der Waals surface area contributed by atoms with Crippen LogP contribution in [-0.4, -0.2) is 36.1 Å². The van der Waals surface area contributed by atoms with Crippen molar-refractivity contribution in [3.63, 3.8) is 0 Å². The topological polar surface area (TPSA) is 83.8 Å². The van der Waals surface area contributed by atoms with Gasteiger partial charge in [0.25, 0.3) is 5.91 Å². The van der Waals surface area contributed by atoms with E-state index >= 15 is 0 Å². The molecule has 0 fully saturated rings. The van der Waals surface area contributed by atoms with E-state index < -0.39 is 6.16 Å². The molecule has 4 aromatic rings. The van der Waals surface area contributed by atoms with E-state index in [9.17, 15) is 14.4 Å². The summed E-state index contributed by atoms with van der Waals surface area (Å²) in [7, 11) is 1.59. The van der Waals surface area contributed by atoms with Crippen LogP contribution in [0.1, 0.15) is 54.7 Å². The van der Waals surface area contributed by atoms with Gasteiger partial charge in [0.2, 0.25) is 0 Å². The number of ketones is 1. The van der Waals surface area contributed by atoms with Gasteiger partial charge in [0.05, 0.1) is 19.2 Å². The number of nitrogens with zero attached hydrogens (tertiary/aromatic N) is 1. The third kappa shape index (κ3) is 7.55. The molecule has 0 unspecified atom stereocenters. The van der Waals surface area contributed by atoms with E-state index in [4.69, 9.17) is 25.8 Å². The molecule has 1 heterocycles. The molecule has 1 aromatic heterocycles. The number of hydrogen-bond donors (Lipinski definition) is 0. The van der Waals surface area contributed by atoms with Gasteiger partial charge in [-0.25, -0.2) is 4.79 Å². The highest BCUT2D eigenvalue weighted by Gasteiger charge is 2.24. The van der Waals surface area contributed by atoms with Gasteiger partial charge in [-0.1, -0.05) is 43.6 Å². The molecule has 0 aliphatic rings. The Morgan fingerprint density at radius 1 is 0.902 bits per heavy atom. The first-order valence-corrected chi connectivity index (χ1v) is 13.9. The number of aromatic nitrogens is 1. The van der Waals surface area contributed by atoms with Crippen molar-refractivity contribution in [1.82, 2.24) is 4.57 Å². The van der Waals surface area contributed by atoms with Gasteiger partial charge in [0, 0.05) is 34.5 Å². The molecule has 0 aliphatic heterocycles. The average Bonchev–Trinajstić information content (AvgIpc) is 3.22. The van der Waals surface area contributed by atoms with Crippen LogP contribution in [0, 0.1) is 12.3 Å². The van der Waals surface area contributed by atoms with Crippen molar-refractivity contribution < 1.29 is 28.6 Å². The molecular weight excluding hydrogens is 542 g/mol. The summed E-state index contributed by atoms with van der Waals surface area (Å²) in [6.45, 7) is 6.13. The van der Waals surface area contributed by atoms with Crippen LogP contribution in [0.2, 0.25) is 5.02 Å². The third-order valence-corrected chi connectivity index (χ3v) is 7.49. The highest BCUT2D eigenvalue weighted by atomic mass is 35.5. The number of para-hydroxylation sites is 1. The standard InChI is InChI=1S/C33H34ClNO6/c1-22-28(20-25(36)16-17-33(2,3)18-19-40-32(38)41-26-8-6-5-7-9-26)29-21-27(39-4)14-15-30(29)35(22)31(37)23-10-12-24(34)13-11-23/h5-15,21H,16-20H2,1-4H3. The van der Waals surface area contributed by atoms with E-state index in [0.717, 1.165) is 10.9 Å². The number of methoxy groups -OCH3 is 1. The van der Waals surface area contributed by atoms with Crippen molar-refractivity contribution in [2.24, 2.45) is 5.41 Å². The zero-order chi connectivity index (χ0) is 29.6. The molecule has 3 aromatic carbocycles. The lowest BCUT2D eigenvalue weighted by Crippen LogP contribution is -2.20. The van der Waals surface area contributed by atoms with Gasteiger partial charge in [-0.05, 0) is 85.3 Å². The van der Waals surface area contributed by atoms with Crippen molar-refractivity contribution in [2.75, 3.05) is 13.7 Å². The molecule has 0 bridgehead atoms. The van der Waals surface area contributed by atoms with Crippen LogP contribution in [0.15, 0.2) is 72.8 Å². The fourth-order valence-electron chi connectivity index (χ4n) is 4.71. The molecule has 0 N–H and O–H groups in total. The van der Waals surface area contributed by atoms with Crippen LogP contribution < -0.4 is 9.47 Å². The van der Waals surface area contributed by atoms with Crippen molar-refractivity contribution in [3.8, 4) is 11.5 Å². The second-order valence-corrected chi connectivity index (χ2v) is 11.2. The summed E-state index contributed by atoms with van der Waals surface area (Å²) in [5.74, 6) is 0.937. The Hall–Kier alpha value is -4.10. The number of rotatable bonds is 11. The van der Waals surface area contributed by atoms with Gasteiger partial charge in [-0.2, -0.15) is 0 Å². The van der Waals surface area contributed by atoms with Gasteiger partial charge in [-0.15, -0.1) is 0 Å². The lowest BCUT2D eigenvalue weighted by atomic mass is 9.83. The molecule has 0 spiro atoms. The molecule has 8 heteroatoms. The van der Waals surface area contributed by atoms with E-state index in [1.165, 1.54) is 0 Å². The SMILES string of the molecule is COc1ccc2c(c1)c(CC(=O)CCC(C)(C)CCOC(=O)Oc1ccccc1)c(C)n2C(=O)c1ccc(Cl)cc1. The number of fused-ring (bicyclic) bond motifs is 1. The monoisotopic (exact) mass is 575 g/mol. The largest absolute Gasteiger partial charge is 0.513 e. The molecule has 4 rings (SSSR count). The third-order valence-electron chi connectivity index (χ3n) is 7.23. The molecule has 7 nitrogen and oxygen atoms in total. The first-order chi connectivity index (χ1) is 19.6. The van der Waals surface area contributed by atoms with Crippen molar-refractivity contribution in [1.29, 1.82) is 0 Å². The number of Topliss-reactive ketones (excluding diaryl/α,β-unsaturated/α-hetero) is 1. The molecule has 41 heavy (non-hydrogen) atoms. The molecule has 214 valence electrons. The summed E-state index contributed by atoms with van der Waals surface area (Å²) in [6, 6.07) is 21.0. The van der Waals surface area contributed by atoms with Gasteiger partial charge >= 0.3 is 6.16 Å². The minimum Gasteiger partial charge on any atom is -0.497 e. The van der Waals surface area contributed by atoms with E-state index in [2.05, 4.69) is 0 Å². The van der Waals surface area contributed by atoms with Crippen LogP contribution in [-0.2, 0) is 16.0 Å². The number of ether oxygens (including phenoxy) is 3. The molecule has 0 amide bonds. The minimum atomic E-state index is -0.751. The van der Waals surface area contributed by atoms with Crippen LogP contribution in [0.5, 0.6) is 11.5 Å². The summed E-state index contributed by atoms with van der Waals surface area (Å²) in [5.41, 5.74) is 2.49. The second kappa shape index (κ2) is 13.0. The number of hydrogen-bond acceptors (Lipinski definition) is 6. The fourth-order valence-corrected chi connectivity index (χ4v) is 4.84. The van der Waals surface area contributed by atoms with Crippen LogP contribution >= 0.6 is 11.6 Å². The second-order valence-electron chi connectivity index (χ2n) is 10.7. The van der Waals surface area contributed by atoms with Gasteiger partial charge < -0.3 is 14.2 Å². The summed E-state index contributed by atoms with van der Waals surface area (Å²) >= 11 is 6.02. The summed E-state index contributed by atoms with van der Waals surface area (Å²) in [5, 5.41) is 1.36. The van der Waals surface area contributed by atoms with Crippen LogP contribution in [0.25, 0.3) is 10.9 Å². The fraction of sp³-hybridized carbons (Fsp3) is 0.303. The summed E-state index contributed by atoms with van der Waals surface area (Å²) in [6.07, 6.45) is 0.983. The molecule has 0 radical (unpaired) electrons. The van der Waals surface area contributed by atoms with Gasteiger partial charge in [-0.3, -0.25) is 14.2 Å². The Kier molecular flexibility index (Phi) is 9.50. The smallest absolute Gasteiger partial charge is 0.497 e. The lowest BCUT2D eigenvalue weighted by molar-refractivity contribution is -0.119. The van der Waals surface area contributed by atoms with Crippen molar-refractivity contribution in [3.05, 3.63) is 94.6 Å². The minimum absolute atomic E-state index is 0.0615. The average molecular weight is 576 g/mol. The predicted octanol–water partition coefficient (Wildman–Crippen LogP) is 7.82. The quantitative estimate of drug-likeness (QED) is 0.134. The van der Waals surface area contributed by atoms with Crippen molar-refractivity contribution in [2.45, 2.75) is 46.5 Å². The maximum Gasteiger partial charge on any atom is 0.513 e. The number of benzene rings is 3. The maximum atomic E-state index is 13.5. The predicted molar refractivity (Wildman–Crippen MR) is 159 cm³/mol. The van der Waals surface area contributed by atoms with E-state index in [1.807, 2.05) is 39.0 Å². The lowest BCUT2D eigenvalue weighted by Gasteiger charge is -2.23. The first kappa shape index (κ1) is 29.9. The summed E-state index contributed by atoms with van der Waals surface area (Å²) in [4.78, 5) is 38.7. The maximum absolute atomic E-state index is 13.5. The highest BCUT2D eigenvalue weighted by molar-refractivity contribution is 6.30. The molecular formula is C33H34ClNO6. The molecule has 0 atom stereocenters. The number of carbonyl (C=O) groups is 3. The Morgan fingerprint density at radius 3 is 2.29 bits per heavy atom. The Balaban J connectivity index is 1.42. The first-order valence-electron chi connectivity index (χ1n) is 13.5. The Morgan fingerprint density at radius 2 is 1.61 bits per heavy atom. The van der Waals surface area contributed by atoms with Crippen LogP contribution in [0.4, 0.5) is 4.79 Å². The number of carbonyl (C=O) groups excluding carboxylic acids is 3. The van der Waals surface area contributed by atoms with Crippen molar-refractivity contribution >= 4 is 40.3 Å². The Bertz CT molecular complexity index is 1540.